The van der Waals surface area contributed by atoms with E-state index in [0.717, 1.165) is 15.9 Å². The summed E-state index contributed by atoms with van der Waals surface area (Å²) in [6.45, 7) is 7.68. The van der Waals surface area contributed by atoms with Crippen LogP contribution in [-0.2, 0) is 18.2 Å². The minimum absolute atomic E-state index is 0.0214. The standard InChI is InChI=1S/C14H24BrN3O3/c1-9-12(15)11(18(5)17-9)6-10(8-19)7-16-13(20)21-14(2,3)4/h10,19H,6-8H2,1-5H3,(H,16,20). The fourth-order valence-corrected chi connectivity index (χ4v) is 2.42. The summed E-state index contributed by atoms with van der Waals surface area (Å²) in [5.41, 5.74) is 1.38. The van der Waals surface area contributed by atoms with Crippen molar-refractivity contribution in [3.63, 3.8) is 0 Å². The van der Waals surface area contributed by atoms with Gasteiger partial charge in [0.2, 0.25) is 0 Å². The summed E-state index contributed by atoms with van der Waals surface area (Å²) >= 11 is 3.50. The summed E-state index contributed by atoms with van der Waals surface area (Å²) in [5.74, 6) is -0.0939. The van der Waals surface area contributed by atoms with Crippen LogP contribution in [0.3, 0.4) is 0 Å². The van der Waals surface area contributed by atoms with Crippen LogP contribution in [0.4, 0.5) is 4.79 Å². The molecule has 1 aromatic heterocycles. The van der Waals surface area contributed by atoms with Gasteiger partial charge in [0.25, 0.3) is 0 Å². The monoisotopic (exact) mass is 361 g/mol. The van der Waals surface area contributed by atoms with Gasteiger partial charge in [0.15, 0.2) is 0 Å². The van der Waals surface area contributed by atoms with Crippen LogP contribution in [0.15, 0.2) is 4.47 Å². The second kappa shape index (κ2) is 7.26. The van der Waals surface area contributed by atoms with Gasteiger partial charge in [0.05, 0.1) is 15.9 Å². The third-order valence-electron chi connectivity index (χ3n) is 2.94. The van der Waals surface area contributed by atoms with Crippen LogP contribution < -0.4 is 5.32 Å². The molecule has 7 heteroatoms. The van der Waals surface area contributed by atoms with Crippen LogP contribution in [-0.4, -0.2) is 39.7 Å². The Morgan fingerprint density at radius 3 is 2.57 bits per heavy atom. The van der Waals surface area contributed by atoms with Crippen LogP contribution in [0.25, 0.3) is 0 Å². The molecule has 0 radical (unpaired) electrons. The summed E-state index contributed by atoms with van der Waals surface area (Å²) in [6.07, 6.45) is 0.144. The first-order valence-electron chi connectivity index (χ1n) is 6.89. The van der Waals surface area contributed by atoms with Crippen LogP contribution in [0.2, 0.25) is 0 Å². The highest BCUT2D eigenvalue weighted by Gasteiger charge is 2.19. The molecular formula is C14H24BrN3O3. The van der Waals surface area contributed by atoms with E-state index in [-0.39, 0.29) is 12.5 Å². The number of aliphatic hydroxyl groups excluding tert-OH is 1. The predicted molar refractivity (Wildman–Crippen MR) is 84.2 cm³/mol. The number of carbonyl (C=O) groups is 1. The number of alkyl carbamates (subject to hydrolysis) is 1. The van der Waals surface area contributed by atoms with E-state index in [1.54, 1.807) is 4.68 Å². The second-order valence-corrected chi connectivity index (χ2v) is 6.90. The maximum absolute atomic E-state index is 11.6. The van der Waals surface area contributed by atoms with E-state index in [0.29, 0.717) is 13.0 Å². The first kappa shape index (κ1) is 18.0. The quantitative estimate of drug-likeness (QED) is 0.842. The van der Waals surface area contributed by atoms with Crippen molar-refractivity contribution in [2.75, 3.05) is 13.2 Å². The van der Waals surface area contributed by atoms with Crippen LogP contribution >= 0.6 is 15.9 Å². The zero-order valence-electron chi connectivity index (χ0n) is 13.2. The number of ether oxygens (including phenoxy) is 1. The number of aryl methyl sites for hydroxylation is 2. The summed E-state index contributed by atoms with van der Waals surface area (Å²) in [4.78, 5) is 11.6. The van der Waals surface area contributed by atoms with Crippen molar-refractivity contribution < 1.29 is 14.6 Å². The highest BCUT2D eigenvalue weighted by atomic mass is 79.9. The third kappa shape index (κ3) is 5.67. The average molecular weight is 362 g/mol. The van der Waals surface area contributed by atoms with Gasteiger partial charge >= 0.3 is 6.09 Å². The molecule has 0 fully saturated rings. The minimum Gasteiger partial charge on any atom is -0.444 e. The smallest absolute Gasteiger partial charge is 0.407 e. The number of halogens is 1. The lowest BCUT2D eigenvalue weighted by Gasteiger charge is -2.21. The number of amides is 1. The van der Waals surface area contributed by atoms with Crippen molar-refractivity contribution >= 4 is 22.0 Å². The lowest BCUT2D eigenvalue weighted by Crippen LogP contribution is -2.36. The van der Waals surface area contributed by atoms with E-state index in [1.165, 1.54) is 0 Å². The zero-order valence-corrected chi connectivity index (χ0v) is 14.8. The number of nitrogens with zero attached hydrogens (tertiary/aromatic N) is 2. The van der Waals surface area contributed by atoms with Gasteiger partial charge in [-0.1, -0.05) is 0 Å². The average Bonchev–Trinajstić information content (AvgIpc) is 2.58. The molecule has 1 aromatic rings. The molecule has 0 bridgehead atoms. The Hall–Kier alpha value is -1.08. The van der Waals surface area contributed by atoms with Crippen molar-refractivity contribution in [2.24, 2.45) is 13.0 Å². The lowest BCUT2D eigenvalue weighted by atomic mass is 10.0. The van der Waals surface area contributed by atoms with Crippen molar-refractivity contribution in [3.8, 4) is 0 Å². The van der Waals surface area contributed by atoms with E-state index < -0.39 is 11.7 Å². The predicted octanol–water partition coefficient (Wildman–Crippen LogP) is 2.17. The van der Waals surface area contributed by atoms with Gasteiger partial charge in [-0.25, -0.2) is 4.79 Å². The molecule has 1 unspecified atom stereocenters. The topological polar surface area (TPSA) is 76.4 Å². The zero-order chi connectivity index (χ0) is 16.2. The van der Waals surface area contributed by atoms with Crippen LogP contribution in [0.1, 0.15) is 32.2 Å². The van der Waals surface area contributed by atoms with Crippen LogP contribution in [0, 0.1) is 12.8 Å². The van der Waals surface area contributed by atoms with Gasteiger partial charge in [0, 0.05) is 26.1 Å². The van der Waals surface area contributed by atoms with E-state index in [2.05, 4.69) is 26.3 Å². The third-order valence-corrected chi connectivity index (χ3v) is 3.97. The van der Waals surface area contributed by atoms with E-state index in [9.17, 15) is 9.90 Å². The number of hydrogen-bond acceptors (Lipinski definition) is 4. The second-order valence-electron chi connectivity index (χ2n) is 6.11. The Morgan fingerprint density at radius 1 is 1.52 bits per heavy atom. The molecule has 120 valence electrons. The van der Waals surface area contributed by atoms with Crippen molar-refractivity contribution in [2.45, 2.75) is 39.7 Å². The molecule has 1 heterocycles. The number of hydrogen-bond donors (Lipinski definition) is 2. The molecule has 0 saturated heterocycles. The summed E-state index contributed by atoms with van der Waals surface area (Å²) in [6, 6.07) is 0. The fourth-order valence-electron chi connectivity index (χ4n) is 1.92. The molecule has 2 N–H and O–H groups in total. The molecule has 0 aliphatic heterocycles. The maximum Gasteiger partial charge on any atom is 0.407 e. The van der Waals surface area contributed by atoms with Crippen molar-refractivity contribution in [1.29, 1.82) is 0 Å². The molecule has 21 heavy (non-hydrogen) atoms. The molecule has 0 spiro atoms. The summed E-state index contributed by atoms with van der Waals surface area (Å²) < 4.78 is 7.91. The molecular weight excluding hydrogens is 338 g/mol. The summed E-state index contributed by atoms with van der Waals surface area (Å²) in [5, 5.41) is 16.5. The van der Waals surface area contributed by atoms with Gasteiger partial charge in [-0.05, 0) is 50.0 Å². The van der Waals surface area contributed by atoms with Crippen molar-refractivity contribution in [3.05, 3.63) is 15.9 Å². The Labute approximate surface area is 134 Å². The molecule has 1 atom stereocenters. The highest BCUT2D eigenvalue weighted by Crippen LogP contribution is 2.22. The Balaban J connectivity index is 2.58. The Kier molecular flexibility index (Phi) is 6.22. The molecule has 6 nitrogen and oxygen atoms in total. The number of aliphatic hydroxyl groups is 1. The van der Waals surface area contributed by atoms with E-state index in [4.69, 9.17) is 4.74 Å². The van der Waals surface area contributed by atoms with E-state index >= 15 is 0 Å². The Morgan fingerprint density at radius 2 is 2.14 bits per heavy atom. The fraction of sp³-hybridized carbons (Fsp3) is 0.714. The Bertz CT molecular complexity index is 494. The highest BCUT2D eigenvalue weighted by molar-refractivity contribution is 9.10. The first-order chi connectivity index (χ1) is 9.64. The van der Waals surface area contributed by atoms with Gasteiger partial charge in [-0.15, -0.1) is 0 Å². The molecule has 0 aromatic carbocycles. The normalized spacial score (nSPS) is 13.1. The molecule has 1 rings (SSSR count). The minimum atomic E-state index is -0.527. The van der Waals surface area contributed by atoms with Gasteiger partial charge < -0.3 is 15.2 Å². The van der Waals surface area contributed by atoms with Crippen molar-refractivity contribution in [1.82, 2.24) is 15.1 Å². The largest absolute Gasteiger partial charge is 0.444 e. The van der Waals surface area contributed by atoms with E-state index in [1.807, 2.05) is 34.7 Å². The van der Waals surface area contributed by atoms with Crippen LogP contribution in [0.5, 0.6) is 0 Å². The van der Waals surface area contributed by atoms with Gasteiger partial charge in [-0.2, -0.15) is 5.10 Å². The molecule has 0 saturated carbocycles. The number of rotatable bonds is 5. The lowest BCUT2D eigenvalue weighted by molar-refractivity contribution is 0.0512. The SMILES string of the molecule is Cc1nn(C)c(CC(CO)CNC(=O)OC(C)(C)C)c1Br. The van der Waals surface area contributed by atoms with Gasteiger partial charge in [0.1, 0.15) is 5.60 Å². The maximum atomic E-state index is 11.6. The molecule has 0 aliphatic carbocycles. The first-order valence-corrected chi connectivity index (χ1v) is 7.69. The molecule has 0 aliphatic rings. The number of nitrogens with one attached hydrogen (secondary N) is 1. The number of aromatic nitrogens is 2. The molecule has 1 amide bonds. The summed E-state index contributed by atoms with van der Waals surface area (Å²) in [7, 11) is 1.86. The number of carbonyl (C=O) groups excluding carboxylic acids is 1. The van der Waals surface area contributed by atoms with Gasteiger partial charge in [-0.3, -0.25) is 4.68 Å².